The van der Waals surface area contributed by atoms with Gasteiger partial charge in [0.05, 0.1) is 29.6 Å². The number of ether oxygens (including phenoxy) is 1. The van der Waals surface area contributed by atoms with Crippen LogP contribution in [0.25, 0.3) is 16.6 Å². The molecular weight excluding hydrogens is 428 g/mol. The molecule has 0 atom stereocenters. The molecule has 0 radical (unpaired) electrons. The lowest BCUT2D eigenvalue weighted by Crippen LogP contribution is -2.36. The first-order valence-corrected chi connectivity index (χ1v) is 10.7. The average Bonchev–Trinajstić information content (AvgIpc) is 3.34. The summed E-state index contributed by atoms with van der Waals surface area (Å²) in [5.41, 5.74) is 5.29. The van der Waals surface area contributed by atoms with Gasteiger partial charge in [-0.05, 0) is 37.3 Å². The molecule has 1 aliphatic heterocycles. The molecule has 0 saturated carbocycles. The second kappa shape index (κ2) is 7.84. The number of methoxy groups -OCH3 is 1. The Labute approximate surface area is 189 Å². The summed E-state index contributed by atoms with van der Waals surface area (Å²) in [4.78, 5) is 30.7. The van der Waals surface area contributed by atoms with E-state index in [4.69, 9.17) is 16.3 Å². The van der Waals surface area contributed by atoms with Crippen LogP contribution >= 0.6 is 11.6 Å². The fourth-order valence-electron chi connectivity index (χ4n) is 4.27. The molecule has 0 unspecified atom stereocenters. The molecule has 8 heteroatoms. The number of carbonyl (C=O) groups is 2. The maximum absolute atomic E-state index is 13.5. The smallest absolute Gasteiger partial charge is 0.337 e. The van der Waals surface area contributed by atoms with Crippen molar-refractivity contribution in [3.63, 3.8) is 0 Å². The Morgan fingerprint density at radius 3 is 2.69 bits per heavy atom. The Kier molecular flexibility index (Phi) is 4.98. The first kappa shape index (κ1) is 20.3. The number of hydrogen-bond donors (Lipinski definition) is 1. The molecule has 0 fully saturated rings. The molecule has 2 aromatic carbocycles. The highest BCUT2D eigenvalue weighted by molar-refractivity contribution is 6.33. The van der Waals surface area contributed by atoms with E-state index in [-0.39, 0.29) is 11.9 Å². The van der Waals surface area contributed by atoms with Gasteiger partial charge >= 0.3 is 5.97 Å². The number of nitrogens with zero attached hydrogens (tertiary/aromatic N) is 3. The Balaban J connectivity index is 1.49. The number of fused-ring (bicyclic) bond motifs is 3. The highest BCUT2D eigenvalue weighted by Crippen LogP contribution is 2.31. The molecule has 0 saturated heterocycles. The Morgan fingerprint density at radius 1 is 1.16 bits per heavy atom. The normalized spacial score (nSPS) is 13.3. The van der Waals surface area contributed by atoms with Crippen molar-refractivity contribution in [1.82, 2.24) is 19.7 Å². The molecule has 0 bridgehead atoms. The van der Waals surface area contributed by atoms with Crippen LogP contribution in [0, 0.1) is 6.92 Å². The first-order chi connectivity index (χ1) is 15.5. The molecule has 162 valence electrons. The minimum atomic E-state index is -0.388. The number of aromatic nitrogens is 3. The Morgan fingerprint density at radius 2 is 1.94 bits per heavy atom. The molecule has 1 N–H and O–H groups in total. The molecule has 3 heterocycles. The molecule has 0 aliphatic carbocycles. The predicted molar refractivity (Wildman–Crippen MR) is 121 cm³/mol. The van der Waals surface area contributed by atoms with E-state index in [1.54, 1.807) is 22.6 Å². The van der Waals surface area contributed by atoms with Crippen LogP contribution in [0.5, 0.6) is 0 Å². The van der Waals surface area contributed by atoms with Crippen molar-refractivity contribution in [2.24, 2.45) is 0 Å². The molecule has 0 spiro atoms. The average molecular weight is 449 g/mol. The molecule has 5 rings (SSSR count). The number of para-hydroxylation sites is 1. The SMILES string of the molecule is COC(=O)c1ccc2[nH]c3c(c2c1)CN(C(=O)c1c(C)nn(-c2ccccc2)c1Cl)CC3. The second-order valence-electron chi connectivity index (χ2n) is 7.81. The van der Waals surface area contributed by atoms with Crippen molar-refractivity contribution in [3.8, 4) is 5.69 Å². The van der Waals surface area contributed by atoms with E-state index in [2.05, 4.69) is 10.1 Å². The Hall–Kier alpha value is -3.58. The largest absolute Gasteiger partial charge is 0.465 e. The summed E-state index contributed by atoms with van der Waals surface area (Å²) in [5.74, 6) is -0.542. The summed E-state index contributed by atoms with van der Waals surface area (Å²) in [5, 5.41) is 5.72. The predicted octanol–water partition coefficient (Wildman–Crippen LogP) is 4.30. The number of H-pyrrole nitrogens is 1. The number of aryl methyl sites for hydroxylation is 1. The summed E-state index contributed by atoms with van der Waals surface area (Å²) >= 11 is 6.62. The highest BCUT2D eigenvalue weighted by atomic mass is 35.5. The molecular formula is C24H21ClN4O3. The summed E-state index contributed by atoms with van der Waals surface area (Å²) in [6.45, 7) is 2.78. The van der Waals surface area contributed by atoms with E-state index in [1.165, 1.54) is 7.11 Å². The lowest BCUT2D eigenvalue weighted by molar-refractivity contribution is 0.0600. The summed E-state index contributed by atoms with van der Waals surface area (Å²) in [6.07, 6.45) is 0.687. The molecule has 32 heavy (non-hydrogen) atoms. The molecule has 4 aromatic rings. The number of aromatic amines is 1. The standard InChI is InChI=1S/C24H21ClN4O3/c1-14-21(22(25)29(27-14)16-6-4-3-5-7-16)23(30)28-11-10-20-18(13-28)17-12-15(24(31)32-2)8-9-19(17)26-20/h3-9,12,26H,10-11,13H2,1-2H3. The molecule has 7 nitrogen and oxygen atoms in total. The number of hydrogen-bond acceptors (Lipinski definition) is 4. The number of amides is 1. The van der Waals surface area contributed by atoms with E-state index >= 15 is 0 Å². The van der Waals surface area contributed by atoms with E-state index in [1.807, 2.05) is 42.5 Å². The van der Waals surface area contributed by atoms with Gasteiger partial charge in [0, 0.05) is 41.7 Å². The van der Waals surface area contributed by atoms with Gasteiger partial charge in [0.25, 0.3) is 5.91 Å². The van der Waals surface area contributed by atoms with Crippen LogP contribution in [0.1, 0.15) is 37.7 Å². The van der Waals surface area contributed by atoms with Crippen LogP contribution in [-0.2, 0) is 17.7 Å². The summed E-state index contributed by atoms with van der Waals surface area (Å²) in [7, 11) is 1.36. The minimum Gasteiger partial charge on any atom is -0.465 e. The zero-order chi connectivity index (χ0) is 22.4. The van der Waals surface area contributed by atoms with E-state index in [0.717, 1.165) is 27.8 Å². The number of benzene rings is 2. The van der Waals surface area contributed by atoms with Gasteiger partial charge in [0.15, 0.2) is 0 Å². The van der Waals surface area contributed by atoms with Crippen molar-refractivity contribution in [2.75, 3.05) is 13.7 Å². The van der Waals surface area contributed by atoms with Gasteiger partial charge in [-0.25, -0.2) is 9.48 Å². The maximum atomic E-state index is 13.5. The van der Waals surface area contributed by atoms with Crippen LogP contribution in [0.4, 0.5) is 0 Å². The number of halogens is 1. The van der Waals surface area contributed by atoms with Crippen molar-refractivity contribution in [1.29, 1.82) is 0 Å². The third-order valence-electron chi connectivity index (χ3n) is 5.90. The molecule has 2 aromatic heterocycles. The van der Waals surface area contributed by atoms with Crippen molar-refractivity contribution in [3.05, 3.63) is 81.8 Å². The van der Waals surface area contributed by atoms with Gasteiger partial charge < -0.3 is 14.6 Å². The molecule has 1 aliphatic rings. The number of carbonyl (C=O) groups excluding carboxylic acids is 2. The monoisotopic (exact) mass is 448 g/mol. The molecule has 1 amide bonds. The van der Waals surface area contributed by atoms with Crippen molar-refractivity contribution < 1.29 is 14.3 Å². The quantitative estimate of drug-likeness (QED) is 0.474. The van der Waals surface area contributed by atoms with E-state index < -0.39 is 0 Å². The second-order valence-corrected chi connectivity index (χ2v) is 8.17. The first-order valence-electron chi connectivity index (χ1n) is 10.3. The number of esters is 1. The maximum Gasteiger partial charge on any atom is 0.337 e. The van der Waals surface area contributed by atoms with Gasteiger partial charge in [-0.3, -0.25) is 4.79 Å². The minimum absolute atomic E-state index is 0.154. The van der Waals surface area contributed by atoms with Gasteiger partial charge in [-0.2, -0.15) is 5.10 Å². The highest BCUT2D eigenvalue weighted by Gasteiger charge is 2.29. The lowest BCUT2D eigenvalue weighted by atomic mass is 10.0. The van der Waals surface area contributed by atoms with Crippen LogP contribution in [0.15, 0.2) is 48.5 Å². The number of rotatable bonds is 3. The summed E-state index contributed by atoms with van der Waals surface area (Å²) in [6, 6.07) is 14.9. The lowest BCUT2D eigenvalue weighted by Gasteiger charge is -2.27. The van der Waals surface area contributed by atoms with Gasteiger partial charge in [-0.15, -0.1) is 0 Å². The van der Waals surface area contributed by atoms with E-state index in [0.29, 0.717) is 41.5 Å². The third kappa shape index (κ3) is 3.26. The van der Waals surface area contributed by atoms with Crippen molar-refractivity contribution in [2.45, 2.75) is 19.9 Å². The van der Waals surface area contributed by atoms with Gasteiger partial charge in [0.2, 0.25) is 0 Å². The van der Waals surface area contributed by atoms with Gasteiger partial charge in [0.1, 0.15) is 5.15 Å². The van der Waals surface area contributed by atoms with E-state index in [9.17, 15) is 9.59 Å². The van der Waals surface area contributed by atoms with Crippen LogP contribution < -0.4 is 0 Å². The van der Waals surface area contributed by atoms with Gasteiger partial charge in [-0.1, -0.05) is 29.8 Å². The van der Waals surface area contributed by atoms with Crippen LogP contribution in [0.2, 0.25) is 5.15 Å². The van der Waals surface area contributed by atoms with Crippen LogP contribution in [-0.4, -0.2) is 45.2 Å². The fraction of sp³-hybridized carbons (Fsp3) is 0.208. The van der Waals surface area contributed by atoms with Crippen molar-refractivity contribution >= 4 is 34.4 Å². The zero-order valence-electron chi connectivity index (χ0n) is 17.7. The zero-order valence-corrected chi connectivity index (χ0v) is 18.4. The van der Waals surface area contributed by atoms with Crippen LogP contribution in [0.3, 0.4) is 0 Å². The third-order valence-corrected chi connectivity index (χ3v) is 6.25. The fourth-order valence-corrected chi connectivity index (χ4v) is 4.63. The Bertz CT molecular complexity index is 1360. The topological polar surface area (TPSA) is 80.2 Å². The summed E-state index contributed by atoms with van der Waals surface area (Å²) < 4.78 is 6.44. The number of nitrogens with one attached hydrogen (secondary N) is 1.